The molecule has 0 aliphatic carbocycles. The second-order valence-corrected chi connectivity index (χ2v) is 6.65. The molecular weight excluding hydrogens is 300 g/mol. The number of aryl methyl sites for hydroxylation is 2. The number of hydrogen-bond acceptors (Lipinski definition) is 2. The molecule has 4 heteroatoms. The molecule has 1 aliphatic rings. The van der Waals surface area contributed by atoms with Gasteiger partial charge in [-0.25, -0.2) is 0 Å². The van der Waals surface area contributed by atoms with Gasteiger partial charge in [0.1, 0.15) is 11.5 Å². The quantitative estimate of drug-likeness (QED) is 0.740. The van der Waals surface area contributed by atoms with Crippen molar-refractivity contribution >= 4 is 16.8 Å². The molecule has 0 radical (unpaired) electrons. The number of aromatic nitrogens is 1. The number of carbonyl (C=O) groups excluding carboxylic acids is 1. The minimum atomic E-state index is 0.0766. The molecule has 0 saturated carbocycles. The zero-order valence-electron chi connectivity index (χ0n) is 14.1. The average molecular weight is 322 g/mol. The predicted molar refractivity (Wildman–Crippen MR) is 94.1 cm³/mol. The van der Waals surface area contributed by atoms with E-state index in [1.807, 2.05) is 36.9 Å². The van der Waals surface area contributed by atoms with Crippen LogP contribution in [0.25, 0.3) is 10.9 Å². The highest BCUT2D eigenvalue weighted by atomic mass is 16.3. The Labute approximate surface area is 141 Å². The zero-order valence-corrected chi connectivity index (χ0v) is 14.1. The summed E-state index contributed by atoms with van der Waals surface area (Å²) in [5.74, 6) is 1.57. The van der Waals surface area contributed by atoms with Crippen LogP contribution in [-0.2, 0) is 0 Å². The van der Waals surface area contributed by atoms with Crippen molar-refractivity contribution in [3.63, 3.8) is 0 Å². The molecule has 1 fully saturated rings. The van der Waals surface area contributed by atoms with Crippen molar-refractivity contribution in [3.05, 3.63) is 59.2 Å². The van der Waals surface area contributed by atoms with Crippen LogP contribution >= 0.6 is 0 Å². The Hall–Kier alpha value is -2.49. The number of nitrogens with one attached hydrogen (secondary N) is 1. The number of benzene rings is 1. The van der Waals surface area contributed by atoms with Gasteiger partial charge in [0.25, 0.3) is 5.91 Å². The molecule has 0 bridgehead atoms. The lowest BCUT2D eigenvalue weighted by atomic mass is 9.98. The maximum absolute atomic E-state index is 13.1. The minimum absolute atomic E-state index is 0.0766. The molecule has 124 valence electrons. The molecule has 1 aromatic carbocycles. The monoisotopic (exact) mass is 322 g/mol. The van der Waals surface area contributed by atoms with Gasteiger partial charge in [-0.2, -0.15) is 0 Å². The van der Waals surface area contributed by atoms with Gasteiger partial charge in [-0.05, 0) is 56.7 Å². The number of amides is 1. The zero-order chi connectivity index (χ0) is 16.7. The van der Waals surface area contributed by atoms with Crippen LogP contribution < -0.4 is 0 Å². The molecule has 3 aromatic rings. The van der Waals surface area contributed by atoms with Crippen LogP contribution in [0.4, 0.5) is 0 Å². The SMILES string of the molecule is Cc1cc(C(=O)N2CCCCC2c2cc3ccccc3[nH]2)c(C)o1. The molecule has 0 spiro atoms. The molecule has 24 heavy (non-hydrogen) atoms. The fourth-order valence-corrected chi connectivity index (χ4v) is 3.77. The highest BCUT2D eigenvalue weighted by Gasteiger charge is 2.31. The van der Waals surface area contributed by atoms with Crippen molar-refractivity contribution in [3.8, 4) is 0 Å². The summed E-state index contributed by atoms with van der Waals surface area (Å²) in [4.78, 5) is 18.6. The Balaban J connectivity index is 1.70. The predicted octanol–water partition coefficient (Wildman–Crippen LogP) is 4.75. The van der Waals surface area contributed by atoms with E-state index in [1.54, 1.807) is 0 Å². The van der Waals surface area contributed by atoms with E-state index in [9.17, 15) is 4.79 Å². The van der Waals surface area contributed by atoms with Gasteiger partial charge >= 0.3 is 0 Å². The van der Waals surface area contributed by atoms with Crippen molar-refractivity contribution in [2.24, 2.45) is 0 Å². The Kier molecular flexibility index (Phi) is 3.68. The first-order valence-electron chi connectivity index (χ1n) is 8.59. The Morgan fingerprint density at radius 2 is 2.04 bits per heavy atom. The second-order valence-electron chi connectivity index (χ2n) is 6.65. The number of piperidine rings is 1. The summed E-state index contributed by atoms with van der Waals surface area (Å²) >= 11 is 0. The standard InChI is InChI=1S/C20H22N2O2/c1-13-11-16(14(2)24-13)20(23)22-10-6-5-9-19(22)18-12-15-7-3-4-8-17(15)21-18/h3-4,7-8,11-12,19,21H,5-6,9-10H2,1-2H3. The summed E-state index contributed by atoms with van der Waals surface area (Å²) in [6.07, 6.45) is 3.19. The summed E-state index contributed by atoms with van der Waals surface area (Å²) in [6.45, 7) is 4.54. The lowest BCUT2D eigenvalue weighted by Crippen LogP contribution is -2.38. The first kappa shape index (κ1) is 15.1. The van der Waals surface area contributed by atoms with Gasteiger partial charge in [0, 0.05) is 17.8 Å². The number of carbonyl (C=O) groups is 1. The highest BCUT2D eigenvalue weighted by molar-refractivity contribution is 5.95. The Bertz CT molecular complexity index is 857. The number of nitrogens with zero attached hydrogens (tertiary/aromatic N) is 1. The van der Waals surface area contributed by atoms with E-state index >= 15 is 0 Å². The number of H-pyrrole nitrogens is 1. The molecule has 1 N–H and O–H groups in total. The lowest BCUT2D eigenvalue weighted by molar-refractivity contribution is 0.0605. The van der Waals surface area contributed by atoms with Gasteiger partial charge in [-0.15, -0.1) is 0 Å². The molecule has 3 heterocycles. The van der Waals surface area contributed by atoms with Crippen molar-refractivity contribution in [2.75, 3.05) is 6.54 Å². The molecule has 2 aromatic heterocycles. The molecule has 1 atom stereocenters. The van der Waals surface area contributed by atoms with E-state index in [0.717, 1.165) is 42.8 Å². The van der Waals surface area contributed by atoms with Gasteiger partial charge in [0.15, 0.2) is 0 Å². The molecule has 4 nitrogen and oxygen atoms in total. The van der Waals surface area contributed by atoms with Crippen LogP contribution in [-0.4, -0.2) is 22.3 Å². The lowest BCUT2D eigenvalue weighted by Gasteiger charge is -2.35. The van der Waals surface area contributed by atoms with Gasteiger partial charge in [-0.3, -0.25) is 4.79 Å². The fraction of sp³-hybridized carbons (Fsp3) is 0.350. The van der Waals surface area contributed by atoms with E-state index in [1.165, 1.54) is 5.39 Å². The second kappa shape index (κ2) is 5.86. The first-order valence-corrected chi connectivity index (χ1v) is 8.59. The normalized spacial score (nSPS) is 18.2. The summed E-state index contributed by atoms with van der Waals surface area (Å²) in [5.41, 5.74) is 2.94. The molecule has 4 rings (SSSR count). The summed E-state index contributed by atoms with van der Waals surface area (Å²) < 4.78 is 5.56. The van der Waals surface area contributed by atoms with Gasteiger partial charge < -0.3 is 14.3 Å². The van der Waals surface area contributed by atoms with Crippen LogP contribution in [0.2, 0.25) is 0 Å². The third-order valence-corrected chi connectivity index (χ3v) is 4.94. The van der Waals surface area contributed by atoms with E-state index < -0.39 is 0 Å². The third kappa shape index (κ3) is 2.52. The van der Waals surface area contributed by atoms with Gasteiger partial charge in [0.05, 0.1) is 11.6 Å². The van der Waals surface area contributed by atoms with E-state index in [4.69, 9.17) is 4.42 Å². The number of para-hydroxylation sites is 1. The number of fused-ring (bicyclic) bond motifs is 1. The molecule has 1 aliphatic heterocycles. The minimum Gasteiger partial charge on any atom is -0.466 e. The van der Waals surface area contributed by atoms with Crippen molar-refractivity contribution in [2.45, 2.75) is 39.2 Å². The van der Waals surface area contributed by atoms with Crippen LogP contribution in [0.15, 0.2) is 40.8 Å². The summed E-state index contributed by atoms with van der Waals surface area (Å²) in [6, 6.07) is 12.4. The fourth-order valence-electron chi connectivity index (χ4n) is 3.77. The molecule has 1 amide bonds. The van der Waals surface area contributed by atoms with E-state index in [0.29, 0.717) is 11.3 Å². The van der Waals surface area contributed by atoms with Gasteiger partial charge in [0.2, 0.25) is 0 Å². The van der Waals surface area contributed by atoms with Crippen molar-refractivity contribution in [1.82, 2.24) is 9.88 Å². The molecular formula is C20H22N2O2. The summed E-state index contributed by atoms with van der Waals surface area (Å²) in [5, 5.41) is 1.20. The Morgan fingerprint density at radius 1 is 1.21 bits per heavy atom. The van der Waals surface area contributed by atoms with E-state index in [2.05, 4.69) is 23.2 Å². The largest absolute Gasteiger partial charge is 0.466 e. The maximum Gasteiger partial charge on any atom is 0.257 e. The number of likely N-dealkylation sites (tertiary alicyclic amines) is 1. The number of rotatable bonds is 2. The van der Waals surface area contributed by atoms with Crippen LogP contribution in [0.1, 0.15) is 52.9 Å². The highest BCUT2D eigenvalue weighted by Crippen LogP contribution is 2.34. The van der Waals surface area contributed by atoms with Crippen LogP contribution in [0.5, 0.6) is 0 Å². The van der Waals surface area contributed by atoms with E-state index in [-0.39, 0.29) is 11.9 Å². The Morgan fingerprint density at radius 3 is 2.79 bits per heavy atom. The number of aromatic amines is 1. The van der Waals surface area contributed by atoms with Crippen molar-refractivity contribution < 1.29 is 9.21 Å². The smallest absolute Gasteiger partial charge is 0.257 e. The first-order chi connectivity index (χ1) is 11.6. The maximum atomic E-state index is 13.1. The van der Waals surface area contributed by atoms with Gasteiger partial charge in [-0.1, -0.05) is 18.2 Å². The van der Waals surface area contributed by atoms with Crippen LogP contribution in [0.3, 0.4) is 0 Å². The average Bonchev–Trinajstić information content (AvgIpc) is 3.17. The number of furan rings is 1. The molecule has 1 unspecified atom stereocenters. The van der Waals surface area contributed by atoms with Crippen LogP contribution in [0, 0.1) is 13.8 Å². The molecule has 1 saturated heterocycles. The topological polar surface area (TPSA) is 49.2 Å². The van der Waals surface area contributed by atoms with Crippen molar-refractivity contribution in [1.29, 1.82) is 0 Å². The summed E-state index contributed by atoms with van der Waals surface area (Å²) in [7, 11) is 0. The number of hydrogen-bond donors (Lipinski definition) is 1. The third-order valence-electron chi connectivity index (χ3n) is 4.94.